The molecule has 3 aromatic carbocycles. The fourth-order valence-electron chi connectivity index (χ4n) is 5.22. The van der Waals surface area contributed by atoms with Gasteiger partial charge in [0.15, 0.2) is 0 Å². The van der Waals surface area contributed by atoms with Crippen molar-refractivity contribution in [1.29, 1.82) is 0 Å². The van der Waals surface area contributed by atoms with Gasteiger partial charge in [0.1, 0.15) is 6.04 Å². The van der Waals surface area contributed by atoms with Crippen LogP contribution in [0.3, 0.4) is 0 Å². The van der Waals surface area contributed by atoms with Crippen molar-refractivity contribution in [1.82, 2.24) is 14.5 Å². The molecule has 2 aliphatic heterocycles. The first kappa shape index (κ1) is 22.5. The van der Waals surface area contributed by atoms with Crippen LogP contribution in [-0.2, 0) is 17.8 Å². The molecule has 36 heavy (non-hydrogen) atoms. The second kappa shape index (κ2) is 9.24. The van der Waals surface area contributed by atoms with Crippen LogP contribution in [0.1, 0.15) is 17.2 Å². The molecule has 1 aromatic heterocycles. The number of para-hydroxylation sites is 1. The number of amides is 1. The predicted octanol–water partition coefficient (Wildman–Crippen LogP) is 3.48. The molecular weight excluding hydrogens is 450 g/mol. The fraction of sp³-hybridized carbons (Fsp3) is 0.276. The van der Waals surface area contributed by atoms with E-state index in [9.17, 15) is 9.59 Å². The summed E-state index contributed by atoms with van der Waals surface area (Å²) >= 11 is 0. The standard InChI is InChI=1S/C29H29N5O2/c1-31-15-17-32(18-16-31)23-13-11-22(12-14-23)20-33-28(36)26(19-21-7-3-2-4-8-21)34-27(35)24-9-5-6-10-25(24)30-29(33)34/h2-14,26H,15-20H2,1H3. The number of nitrogens with zero attached hydrogens (tertiary/aromatic N) is 5. The minimum Gasteiger partial charge on any atom is -0.369 e. The van der Waals surface area contributed by atoms with Crippen molar-refractivity contribution in [2.75, 3.05) is 43.0 Å². The van der Waals surface area contributed by atoms with Crippen molar-refractivity contribution < 1.29 is 4.79 Å². The monoisotopic (exact) mass is 479 g/mol. The number of piperazine rings is 1. The van der Waals surface area contributed by atoms with Crippen molar-refractivity contribution in [2.45, 2.75) is 19.0 Å². The Kier molecular flexibility index (Phi) is 5.77. The van der Waals surface area contributed by atoms with Crippen LogP contribution in [0.4, 0.5) is 11.6 Å². The molecule has 6 rings (SSSR count). The number of likely N-dealkylation sites (N-methyl/N-ethyl adjacent to an activating group) is 1. The molecule has 0 aliphatic carbocycles. The quantitative estimate of drug-likeness (QED) is 0.439. The number of rotatable bonds is 5. The number of carbonyl (C=O) groups excluding carboxylic acids is 1. The van der Waals surface area contributed by atoms with Gasteiger partial charge in [0.25, 0.3) is 11.5 Å². The smallest absolute Gasteiger partial charge is 0.263 e. The summed E-state index contributed by atoms with van der Waals surface area (Å²) in [7, 11) is 2.15. The van der Waals surface area contributed by atoms with Crippen LogP contribution in [0.2, 0.25) is 0 Å². The molecule has 0 N–H and O–H groups in total. The molecule has 1 atom stereocenters. The van der Waals surface area contributed by atoms with E-state index in [1.165, 1.54) is 5.69 Å². The predicted molar refractivity (Wildman–Crippen MR) is 143 cm³/mol. The highest BCUT2D eigenvalue weighted by Gasteiger charge is 2.39. The van der Waals surface area contributed by atoms with E-state index in [1.54, 1.807) is 15.5 Å². The maximum Gasteiger partial charge on any atom is 0.263 e. The van der Waals surface area contributed by atoms with Gasteiger partial charge in [-0.15, -0.1) is 0 Å². The molecule has 182 valence electrons. The Balaban J connectivity index is 1.34. The summed E-state index contributed by atoms with van der Waals surface area (Å²) in [5, 5.41) is 0.533. The molecule has 3 heterocycles. The number of benzene rings is 3. The Morgan fingerprint density at radius 3 is 2.25 bits per heavy atom. The lowest BCUT2D eigenvalue weighted by Crippen LogP contribution is -2.44. The van der Waals surface area contributed by atoms with Gasteiger partial charge < -0.3 is 9.80 Å². The average molecular weight is 480 g/mol. The SMILES string of the molecule is CN1CCN(c2ccc(CN3C(=O)C(Cc4ccccc4)n4c3nc3ccccc3c4=O)cc2)CC1. The Morgan fingerprint density at radius 2 is 1.50 bits per heavy atom. The molecule has 1 amide bonds. The van der Waals surface area contributed by atoms with Crippen molar-refractivity contribution in [3.8, 4) is 0 Å². The van der Waals surface area contributed by atoms with E-state index >= 15 is 0 Å². The highest BCUT2D eigenvalue weighted by molar-refractivity contribution is 5.99. The first-order valence-corrected chi connectivity index (χ1v) is 12.5. The van der Waals surface area contributed by atoms with E-state index < -0.39 is 6.04 Å². The normalized spacial score (nSPS) is 18.1. The fourth-order valence-corrected chi connectivity index (χ4v) is 5.22. The first-order chi connectivity index (χ1) is 17.6. The highest BCUT2D eigenvalue weighted by Crippen LogP contribution is 2.32. The molecule has 4 aromatic rings. The molecule has 2 aliphatic rings. The molecule has 7 heteroatoms. The van der Waals surface area contributed by atoms with E-state index in [0.717, 1.165) is 37.3 Å². The van der Waals surface area contributed by atoms with Gasteiger partial charge in [-0.3, -0.25) is 19.1 Å². The van der Waals surface area contributed by atoms with Gasteiger partial charge >= 0.3 is 0 Å². The Bertz CT molecular complexity index is 1460. The maximum absolute atomic E-state index is 13.8. The Morgan fingerprint density at radius 1 is 0.806 bits per heavy atom. The van der Waals surface area contributed by atoms with E-state index in [2.05, 4.69) is 41.1 Å². The third-order valence-corrected chi connectivity index (χ3v) is 7.31. The van der Waals surface area contributed by atoms with E-state index in [1.807, 2.05) is 48.5 Å². The zero-order valence-corrected chi connectivity index (χ0v) is 20.4. The van der Waals surface area contributed by atoms with Gasteiger partial charge in [-0.05, 0) is 42.4 Å². The molecule has 1 saturated heterocycles. The zero-order chi connectivity index (χ0) is 24.6. The van der Waals surface area contributed by atoms with Crippen LogP contribution >= 0.6 is 0 Å². The summed E-state index contributed by atoms with van der Waals surface area (Å²) < 4.78 is 1.59. The number of hydrogen-bond donors (Lipinski definition) is 0. The molecule has 1 fully saturated rings. The van der Waals surface area contributed by atoms with Crippen LogP contribution in [-0.4, -0.2) is 53.6 Å². The average Bonchev–Trinajstić information content (AvgIpc) is 3.16. The lowest BCUT2D eigenvalue weighted by molar-refractivity contribution is -0.120. The summed E-state index contributed by atoms with van der Waals surface area (Å²) in [6.07, 6.45) is 0.450. The third kappa shape index (κ3) is 4.05. The number of carbonyl (C=O) groups is 1. The minimum absolute atomic E-state index is 0.0955. The molecule has 0 bridgehead atoms. The van der Waals surface area contributed by atoms with Gasteiger partial charge in [0, 0.05) is 38.3 Å². The van der Waals surface area contributed by atoms with E-state index in [-0.39, 0.29) is 11.5 Å². The van der Waals surface area contributed by atoms with Crippen molar-refractivity contribution in [3.63, 3.8) is 0 Å². The molecular formula is C29H29N5O2. The summed E-state index contributed by atoms with van der Waals surface area (Å²) in [5.74, 6) is 0.328. The highest BCUT2D eigenvalue weighted by atomic mass is 16.2. The topological polar surface area (TPSA) is 61.7 Å². The Hall–Kier alpha value is -3.97. The second-order valence-electron chi connectivity index (χ2n) is 9.69. The second-order valence-corrected chi connectivity index (χ2v) is 9.69. The molecule has 0 spiro atoms. The van der Waals surface area contributed by atoms with Gasteiger partial charge in [-0.2, -0.15) is 0 Å². The van der Waals surface area contributed by atoms with Crippen LogP contribution in [0, 0.1) is 0 Å². The molecule has 0 radical (unpaired) electrons. The maximum atomic E-state index is 13.8. The van der Waals surface area contributed by atoms with Crippen LogP contribution in [0.25, 0.3) is 10.9 Å². The van der Waals surface area contributed by atoms with E-state index in [0.29, 0.717) is 29.8 Å². The summed E-state index contributed by atoms with van der Waals surface area (Å²) in [6.45, 7) is 4.50. The van der Waals surface area contributed by atoms with Gasteiger partial charge in [-0.25, -0.2) is 4.98 Å². The number of anilines is 2. The number of fused-ring (bicyclic) bond motifs is 2. The van der Waals surface area contributed by atoms with Crippen molar-refractivity contribution >= 4 is 28.4 Å². The number of aromatic nitrogens is 2. The van der Waals surface area contributed by atoms with Crippen molar-refractivity contribution in [3.05, 3.63) is 100 Å². The molecule has 0 saturated carbocycles. The minimum atomic E-state index is -0.614. The molecule has 1 unspecified atom stereocenters. The van der Waals surface area contributed by atoms with E-state index in [4.69, 9.17) is 4.98 Å². The van der Waals surface area contributed by atoms with Crippen LogP contribution < -0.4 is 15.4 Å². The summed E-state index contributed by atoms with van der Waals surface area (Å²) in [4.78, 5) is 38.5. The summed E-state index contributed by atoms with van der Waals surface area (Å²) in [6, 6.07) is 25.0. The first-order valence-electron chi connectivity index (χ1n) is 12.5. The Labute approximate surface area is 210 Å². The van der Waals surface area contributed by atoms with Gasteiger partial charge in [0.05, 0.1) is 17.4 Å². The third-order valence-electron chi connectivity index (χ3n) is 7.31. The largest absolute Gasteiger partial charge is 0.369 e. The lowest BCUT2D eigenvalue weighted by Gasteiger charge is -2.34. The summed E-state index contributed by atoms with van der Waals surface area (Å²) in [5.41, 5.74) is 3.66. The lowest BCUT2D eigenvalue weighted by atomic mass is 10.1. The zero-order valence-electron chi connectivity index (χ0n) is 20.4. The van der Waals surface area contributed by atoms with Crippen molar-refractivity contribution in [2.24, 2.45) is 0 Å². The van der Waals surface area contributed by atoms with Crippen LogP contribution in [0.15, 0.2) is 83.7 Å². The van der Waals surface area contributed by atoms with Crippen LogP contribution in [0.5, 0.6) is 0 Å². The van der Waals surface area contributed by atoms with Gasteiger partial charge in [0.2, 0.25) is 5.95 Å². The van der Waals surface area contributed by atoms with Gasteiger partial charge in [-0.1, -0.05) is 54.6 Å². The molecule has 7 nitrogen and oxygen atoms in total. The number of hydrogen-bond acceptors (Lipinski definition) is 5.